The van der Waals surface area contributed by atoms with E-state index < -0.39 is 0 Å². The lowest BCUT2D eigenvalue weighted by atomic mass is 9.90. The monoisotopic (exact) mass is 358 g/mol. The van der Waals surface area contributed by atoms with Crippen molar-refractivity contribution in [3.63, 3.8) is 0 Å². The van der Waals surface area contributed by atoms with Crippen LogP contribution in [-0.4, -0.2) is 33.9 Å². The van der Waals surface area contributed by atoms with E-state index in [1.165, 1.54) is 12.3 Å². The molecule has 6 nitrogen and oxygen atoms in total. The van der Waals surface area contributed by atoms with Gasteiger partial charge in [0.15, 0.2) is 0 Å². The van der Waals surface area contributed by atoms with Gasteiger partial charge >= 0.3 is 0 Å². The number of carbonyl (C=O) groups excluding carboxylic acids is 2. The summed E-state index contributed by atoms with van der Waals surface area (Å²) >= 11 is 5.91. The first-order chi connectivity index (χ1) is 12.1. The van der Waals surface area contributed by atoms with Gasteiger partial charge in [-0.1, -0.05) is 30.5 Å². The van der Waals surface area contributed by atoms with Crippen molar-refractivity contribution in [3.05, 3.63) is 59.1 Å². The number of amides is 2. The van der Waals surface area contributed by atoms with Crippen LogP contribution in [0, 0.1) is 0 Å². The van der Waals surface area contributed by atoms with Crippen molar-refractivity contribution in [1.82, 2.24) is 20.6 Å². The van der Waals surface area contributed by atoms with E-state index in [1.54, 1.807) is 30.5 Å². The molecule has 2 atom stereocenters. The maximum atomic E-state index is 12.4. The standard InChI is InChI=1S/C18H19ClN4O2/c19-12-8-10-21-16(11-12)18(25)23-14-6-2-1-5-13(14)22-17(24)15-7-3-4-9-20-15/h3-4,7-11,13-14H,1-2,5-6H2,(H,22,24)(H,23,25)/t13-,14-/m1/s1. The molecule has 0 bridgehead atoms. The van der Waals surface area contributed by atoms with Gasteiger partial charge in [0.1, 0.15) is 11.4 Å². The van der Waals surface area contributed by atoms with Gasteiger partial charge in [-0.05, 0) is 37.1 Å². The minimum atomic E-state index is -0.286. The maximum Gasteiger partial charge on any atom is 0.270 e. The fourth-order valence-corrected chi connectivity index (χ4v) is 3.15. The Morgan fingerprint density at radius 3 is 2.16 bits per heavy atom. The van der Waals surface area contributed by atoms with E-state index in [-0.39, 0.29) is 29.6 Å². The lowest BCUT2D eigenvalue weighted by molar-refractivity contribution is 0.0857. The zero-order valence-electron chi connectivity index (χ0n) is 13.6. The number of halogens is 1. The number of nitrogens with one attached hydrogen (secondary N) is 2. The van der Waals surface area contributed by atoms with E-state index in [9.17, 15) is 9.59 Å². The third-order valence-corrected chi connectivity index (χ3v) is 4.49. The summed E-state index contributed by atoms with van der Waals surface area (Å²) in [6, 6.07) is 8.07. The van der Waals surface area contributed by atoms with Crippen LogP contribution in [0.2, 0.25) is 5.02 Å². The summed E-state index contributed by atoms with van der Waals surface area (Å²) in [6.45, 7) is 0. The molecule has 1 aliphatic carbocycles. The van der Waals surface area contributed by atoms with Crippen LogP contribution in [0.25, 0.3) is 0 Å². The second kappa shape index (κ2) is 8.07. The van der Waals surface area contributed by atoms with Crippen molar-refractivity contribution < 1.29 is 9.59 Å². The minimum absolute atomic E-state index is 0.133. The summed E-state index contributed by atoms with van der Waals surface area (Å²) in [6.07, 6.45) is 6.71. The van der Waals surface area contributed by atoms with E-state index in [0.29, 0.717) is 10.7 Å². The van der Waals surface area contributed by atoms with Crippen molar-refractivity contribution in [2.24, 2.45) is 0 Å². The minimum Gasteiger partial charge on any atom is -0.346 e. The van der Waals surface area contributed by atoms with Gasteiger partial charge in [-0.3, -0.25) is 19.6 Å². The first-order valence-electron chi connectivity index (χ1n) is 8.28. The molecule has 1 aliphatic rings. The lowest BCUT2D eigenvalue weighted by Crippen LogP contribution is -2.53. The summed E-state index contributed by atoms with van der Waals surface area (Å²) in [7, 11) is 0. The number of rotatable bonds is 4. The van der Waals surface area contributed by atoms with Gasteiger partial charge in [0.25, 0.3) is 11.8 Å². The Balaban J connectivity index is 1.66. The second-order valence-corrected chi connectivity index (χ2v) is 6.46. The van der Waals surface area contributed by atoms with Crippen molar-refractivity contribution in [1.29, 1.82) is 0 Å². The van der Waals surface area contributed by atoms with Gasteiger partial charge in [-0.25, -0.2) is 0 Å². The number of nitrogens with zero attached hydrogens (tertiary/aromatic N) is 2. The molecule has 2 aromatic heterocycles. The molecule has 1 fully saturated rings. The third kappa shape index (κ3) is 4.54. The molecule has 1 saturated carbocycles. The average molecular weight is 359 g/mol. The predicted octanol–water partition coefficient (Wildman–Crippen LogP) is 2.60. The fourth-order valence-electron chi connectivity index (χ4n) is 2.99. The molecule has 0 spiro atoms. The molecule has 2 amide bonds. The molecular formula is C18H19ClN4O2. The molecule has 0 aliphatic heterocycles. The van der Waals surface area contributed by atoms with Crippen LogP contribution in [-0.2, 0) is 0 Å². The van der Waals surface area contributed by atoms with E-state index in [4.69, 9.17) is 11.6 Å². The molecule has 130 valence electrons. The Hall–Kier alpha value is -2.47. The Bertz CT molecular complexity index is 754. The second-order valence-electron chi connectivity index (χ2n) is 6.02. The topological polar surface area (TPSA) is 84.0 Å². The first kappa shape index (κ1) is 17.4. The van der Waals surface area contributed by atoms with Gasteiger partial charge in [-0.2, -0.15) is 0 Å². The SMILES string of the molecule is O=C(N[C@@H]1CCCC[C@H]1NC(=O)c1cc(Cl)ccn1)c1ccccn1. The summed E-state index contributed by atoms with van der Waals surface area (Å²) in [5.74, 6) is -0.515. The predicted molar refractivity (Wildman–Crippen MR) is 94.5 cm³/mol. The lowest BCUT2D eigenvalue weighted by Gasteiger charge is -2.32. The van der Waals surface area contributed by atoms with Crippen LogP contribution in [0.4, 0.5) is 0 Å². The quantitative estimate of drug-likeness (QED) is 0.879. The first-order valence-corrected chi connectivity index (χ1v) is 8.65. The van der Waals surface area contributed by atoms with Gasteiger partial charge < -0.3 is 10.6 Å². The number of pyridine rings is 2. The van der Waals surface area contributed by atoms with Gasteiger partial charge in [0.05, 0.1) is 0 Å². The van der Waals surface area contributed by atoms with Crippen LogP contribution in [0.1, 0.15) is 46.7 Å². The normalized spacial score (nSPS) is 19.9. The van der Waals surface area contributed by atoms with Crippen molar-refractivity contribution in [3.8, 4) is 0 Å². The summed E-state index contributed by atoms with van der Waals surface area (Å²) in [4.78, 5) is 32.9. The average Bonchev–Trinajstić information content (AvgIpc) is 2.64. The summed E-state index contributed by atoms with van der Waals surface area (Å²) in [5, 5.41) is 6.43. The van der Waals surface area contributed by atoms with Crippen LogP contribution >= 0.6 is 11.6 Å². The summed E-state index contributed by atoms with van der Waals surface area (Å²) in [5.41, 5.74) is 0.641. The number of hydrogen-bond acceptors (Lipinski definition) is 4. The Morgan fingerprint density at radius 2 is 1.56 bits per heavy atom. The van der Waals surface area contributed by atoms with Crippen LogP contribution in [0.5, 0.6) is 0 Å². The van der Waals surface area contributed by atoms with Crippen LogP contribution < -0.4 is 10.6 Å². The molecule has 3 rings (SSSR count). The van der Waals surface area contributed by atoms with E-state index in [1.807, 2.05) is 0 Å². The highest BCUT2D eigenvalue weighted by atomic mass is 35.5. The maximum absolute atomic E-state index is 12.4. The van der Waals surface area contributed by atoms with Gasteiger partial charge in [0, 0.05) is 29.5 Å². The molecule has 7 heteroatoms. The van der Waals surface area contributed by atoms with Crippen LogP contribution in [0.15, 0.2) is 42.7 Å². The Kier molecular flexibility index (Phi) is 5.60. The van der Waals surface area contributed by atoms with Crippen molar-refractivity contribution in [2.75, 3.05) is 0 Å². The van der Waals surface area contributed by atoms with Gasteiger partial charge in [-0.15, -0.1) is 0 Å². The highest BCUT2D eigenvalue weighted by Crippen LogP contribution is 2.20. The molecule has 2 aromatic rings. The zero-order chi connectivity index (χ0) is 17.6. The Morgan fingerprint density at radius 1 is 0.920 bits per heavy atom. The van der Waals surface area contributed by atoms with E-state index >= 15 is 0 Å². The largest absolute Gasteiger partial charge is 0.346 e. The van der Waals surface area contributed by atoms with Crippen molar-refractivity contribution in [2.45, 2.75) is 37.8 Å². The smallest absolute Gasteiger partial charge is 0.270 e. The van der Waals surface area contributed by atoms with Crippen LogP contribution in [0.3, 0.4) is 0 Å². The van der Waals surface area contributed by atoms with Crippen molar-refractivity contribution >= 4 is 23.4 Å². The molecule has 2 N–H and O–H groups in total. The van der Waals surface area contributed by atoms with E-state index in [2.05, 4.69) is 20.6 Å². The van der Waals surface area contributed by atoms with Gasteiger partial charge in [0.2, 0.25) is 0 Å². The fraction of sp³-hybridized carbons (Fsp3) is 0.333. The molecule has 0 aromatic carbocycles. The molecule has 0 unspecified atom stereocenters. The zero-order valence-corrected chi connectivity index (χ0v) is 14.4. The molecule has 0 radical (unpaired) electrons. The highest BCUT2D eigenvalue weighted by Gasteiger charge is 2.28. The van der Waals surface area contributed by atoms with E-state index in [0.717, 1.165) is 25.7 Å². The molecular weight excluding hydrogens is 340 g/mol. The summed E-state index contributed by atoms with van der Waals surface area (Å²) < 4.78 is 0. The third-order valence-electron chi connectivity index (χ3n) is 4.25. The molecule has 25 heavy (non-hydrogen) atoms. The molecule has 0 saturated heterocycles. The molecule has 2 heterocycles. The highest BCUT2D eigenvalue weighted by molar-refractivity contribution is 6.30. The number of hydrogen-bond donors (Lipinski definition) is 2. The Labute approximate surface area is 151 Å². The number of aromatic nitrogens is 2. The number of carbonyl (C=O) groups is 2.